The van der Waals surface area contributed by atoms with Gasteiger partial charge >= 0.3 is 6.09 Å². The number of fused-ring (bicyclic) bond motifs is 1. The van der Waals surface area contributed by atoms with Crippen LogP contribution in [0.5, 0.6) is 5.88 Å². The van der Waals surface area contributed by atoms with Crippen LogP contribution in [0.1, 0.15) is 23.4 Å². The lowest BCUT2D eigenvalue weighted by atomic mass is 10.0. The molecule has 1 amide bonds. The van der Waals surface area contributed by atoms with Crippen molar-refractivity contribution in [1.82, 2.24) is 24.4 Å². The third-order valence-corrected chi connectivity index (χ3v) is 5.86. The van der Waals surface area contributed by atoms with Crippen molar-refractivity contribution in [2.45, 2.75) is 13.0 Å². The molecule has 0 bridgehead atoms. The highest BCUT2D eigenvalue weighted by atomic mass is 32.1. The first-order valence-electron chi connectivity index (χ1n) is 9.01. The number of nitrogens with zero attached hydrogens (tertiary/aromatic N) is 5. The van der Waals surface area contributed by atoms with E-state index >= 15 is 0 Å². The van der Waals surface area contributed by atoms with Gasteiger partial charge in [0.2, 0.25) is 10.8 Å². The molecule has 1 saturated heterocycles. The Hall–Kier alpha value is -2.72. The zero-order chi connectivity index (χ0) is 19.7. The van der Waals surface area contributed by atoms with E-state index in [1.165, 1.54) is 34.3 Å². The Balaban J connectivity index is 1.64. The summed E-state index contributed by atoms with van der Waals surface area (Å²) in [5.41, 5.74) is 0.853. The van der Waals surface area contributed by atoms with Gasteiger partial charge in [-0.1, -0.05) is 23.5 Å². The maximum absolute atomic E-state index is 13.5. The van der Waals surface area contributed by atoms with E-state index in [1.54, 1.807) is 24.0 Å². The summed E-state index contributed by atoms with van der Waals surface area (Å²) >= 11 is 1.35. The van der Waals surface area contributed by atoms with E-state index in [2.05, 4.69) is 15.0 Å². The van der Waals surface area contributed by atoms with Crippen LogP contribution in [0.4, 0.5) is 9.18 Å². The molecule has 2 aromatic heterocycles. The molecule has 148 valence electrons. The summed E-state index contributed by atoms with van der Waals surface area (Å²) < 4.78 is 19.9. The molecule has 4 rings (SSSR count). The lowest BCUT2D eigenvalue weighted by Crippen LogP contribution is -2.49. The van der Waals surface area contributed by atoms with Crippen LogP contribution in [-0.2, 0) is 4.74 Å². The van der Waals surface area contributed by atoms with Crippen molar-refractivity contribution >= 4 is 22.4 Å². The van der Waals surface area contributed by atoms with Crippen molar-refractivity contribution in [3.05, 3.63) is 46.9 Å². The van der Waals surface area contributed by atoms with E-state index in [4.69, 9.17) is 4.74 Å². The first kappa shape index (κ1) is 18.6. The number of aromatic hydroxyl groups is 1. The van der Waals surface area contributed by atoms with Gasteiger partial charge in [-0.15, -0.1) is 0 Å². The quantitative estimate of drug-likeness (QED) is 0.718. The molecule has 28 heavy (non-hydrogen) atoms. The predicted octanol–water partition coefficient (Wildman–Crippen LogP) is 2.50. The molecule has 0 radical (unpaired) electrons. The second kappa shape index (κ2) is 7.72. The first-order chi connectivity index (χ1) is 13.6. The van der Waals surface area contributed by atoms with E-state index in [0.29, 0.717) is 42.6 Å². The largest absolute Gasteiger partial charge is 0.492 e. The first-order valence-corrected chi connectivity index (χ1v) is 9.82. The summed E-state index contributed by atoms with van der Waals surface area (Å²) in [5.74, 6) is -0.291. The summed E-state index contributed by atoms with van der Waals surface area (Å²) in [7, 11) is 0. The van der Waals surface area contributed by atoms with Crippen LogP contribution in [0.25, 0.3) is 4.96 Å². The number of carbonyl (C=O) groups is 1. The van der Waals surface area contributed by atoms with Gasteiger partial charge in [-0.05, 0) is 24.6 Å². The van der Waals surface area contributed by atoms with Gasteiger partial charge in [0, 0.05) is 26.2 Å². The van der Waals surface area contributed by atoms with Gasteiger partial charge in [0.05, 0.1) is 17.5 Å². The Morgan fingerprint density at radius 3 is 2.64 bits per heavy atom. The predicted molar refractivity (Wildman–Crippen MR) is 101 cm³/mol. The Kier molecular flexibility index (Phi) is 5.14. The number of piperazine rings is 1. The molecule has 8 nitrogen and oxygen atoms in total. The van der Waals surface area contributed by atoms with Gasteiger partial charge in [-0.3, -0.25) is 4.90 Å². The standard InChI is InChI=1S/C18H20FN5O3S/c1-2-27-18(26)23-9-7-22(8-10-23)14(12-3-5-13(19)6-4-12)15-16(25)24-17(28-15)20-11-21-24/h3-6,11,14,25H,2,7-10H2,1H3/t14-/m0/s1. The normalized spacial score (nSPS) is 16.4. The van der Waals surface area contributed by atoms with Crippen LogP contribution in [0.15, 0.2) is 30.6 Å². The van der Waals surface area contributed by atoms with E-state index in [1.807, 2.05) is 0 Å². The molecule has 0 aliphatic carbocycles. The highest BCUT2D eigenvalue weighted by molar-refractivity contribution is 7.17. The lowest BCUT2D eigenvalue weighted by Gasteiger charge is -2.38. The number of hydrogen-bond acceptors (Lipinski definition) is 7. The van der Waals surface area contributed by atoms with Crippen LogP contribution in [0.3, 0.4) is 0 Å². The summed E-state index contributed by atoms with van der Waals surface area (Å²) in [5, 5.41) is 14.7. The van der Waals surface area contributed by atoms with Gasteiger partial charge in [-0.2, -0.15) is 9.61 Å². The molecule has 0 spiro atoms. The second-order valence-electron chi connectivity index (χ2n) is 6.42. The number of thiazole rings is 1. The van der Waals surface area contributed by atoms with Gasteiger partial charge in [0.1, 0.15) is 12.1 Å². The molecular formula is C18H20FN5O3S. The molecular weight excluding hydrogens is 385 g/mol. The fourth-order valence-electron chi connectivity index (χ4n) is 3.42. The Morgan fingerprint density at radius 2 is 2.00 bits per heavy atom. The molecule has 10 heteroatoms. The van der Waals surface area contributed by atoms with Gasteiger partial charge in [0.15, 0.2) is 0 Å². The summed E-state index contributed by atoms with van der Waals surface area (Å²) in [6, 6.07) is 5.95. The molecule has 1 aliphatic heterocycles. The molecule has 1 aromatic carbocycles. The van der Waals surface area contributed by atoms with Crippen LogP contribution in [-0.4, -0.2) is 68.4 Å². The van der Waals surface area contributed by atoms with Gasteiger partial charge in [0.25, 0.3) is 0 Å². The fourth-order valence-corrected chi connectivity index (χ4v) is 4.51. The number of ether oxygens (including phenoxy) is 1. The number of aromatic nitrogens is 3. The Bertz CT molecular complexity index is 965. The molecule has 1 atom stereocenters. The average molecular weight is 405 g/mol. The molecule has 3 aromatic rings. The summed E-state index contributed by atoms with van der Waals surface area (Å²) in [6.07, 6.45) is 1.07. The smallest absolute Gasteiger partial charge is 0.409 e. The Labute approximate surface area is 164 Å². The van der Waals surface area contributed by atoms with Crippen molar-refractivity contribution in [2.24, 2.45) is 0 Å². The minimum absolute atomic E-state index is 0.0275. The summed E-state index contributed by atoms with van der Waals surface area (Å²) in [4.78, 5) is 21.2. The average Bonchev–Trinajstić information content (AvgIpc) is 3.28. The van der Waals surface area contributed by atoms with Crippen LogP contribution in [0.2, 0.25) is 0 Å². The van der Waals surface area contributed by atoms with Crippen molar-refractivity contribution in [2.75, 3.05) is 32.8 Å². The molecule has 1 N–H and O–H groups in total. The number of rotatable bonds is 4. The van der Waals surface area contributed by atoms with Crippen molar-refractivity contribution < 1.29 is 19.0 Å². The van der Waals surface area contributed by atoms with Gasteiger partial charge in [-0.25, -0.2) is 14.2 Å². The maximum atomic E-state index is 13.5. The zero-order valence-electron chi connectivity index (χ0n) is 15.3. The third-order valence-electron chi connectivity index (χ3n) is 4.78. The third kappa shape index (κ3) is 3.40. The Morgan fingerprint density at radius 1 is 1.29 bits per heavy atom. The molecule has 1 fully saturated rings. The monoisotopic (exact) mass is 405 g/mol. The SMILES string of the molecule is CCOC(=O)N1CCN([C@@H](c2ccc(F)cc2)c2sc3ncnn3c2O)CC1. The van der Waals surface area contributed by atoms with Crippen molar-refractivity contribution in [1.29, 1.82) is 0 Å². The van der Waals surface area contributed by atoms with E-state index in [-0.39, 0.29) is 23.8 Å². The molecule has 0 saturated carbocycles. The number of amides is 1. The van der Waals surface area contributed by atoms with Gasteiger partial charge < -0.3 is 14.7 Å². The van der Waals surface area contributed by atoms with E-state index in [9.17, 15) is 14.3 Å². The minimum atomic E-state index is -0.318. The molecule has 1 aliphatic rings. The second-order valence-corrected chi connectivity index (χ2v) is 7.43. The zero-order valence-corrected chi connectivity index (χ0v) is 16.1. The number of benzene rings is 1. The topological polar surface area (TPSA) is 83.2 Å². The minimum Gasteiger partial charge on any atom is -0.492 e. The highest BCUT2D eigenvalue weighted by Gasteiger charge is 2.32. The molecule has 3 heterocycles. The lowest BCUT2D eigenvalue weighted by molar-refractivity contribution is 0.0715. The van der Waals surface area contributed by atoms with Crippen molar-refractivity contribution in [3.63, 3.8) is 0 Å². The van der Waals surface area contributed by atoms with Crippen LogP contribution < -0.4 is 0 Å². The maximum Gasteiger partial charge on any atom is 0.409 e. The summed E-state index contributed by atoms with van der Waals surface area (Å²) in [6.45, 7) is 4.33. The highest BCUT2D eigenvalue weighted by Crippen LogP contribution is 2.40. The van der Waals surface area contributed by atoms with E-state index < -0.39 is 0 Å². The number of carbonyl (C=O) groups excluding carboxylic acids is 1. The van der Waals surface area contributed by atoms with E-state index in [0.717, 1.165) is 5.56 Å². The van der Waals surface area contributed by atoms with Crippen LogP contribution in [0, 0.1) is 5.82 Å². The fraction of sp³-hybridized carbons (Fsp3) is 0.389. The molecule has 0 unspecified atom stereocenters. The number of halogens is 1. The van der Waals surface area contributed by atoms with Crippen molar-refractivity contribution in [3.8, 4) is 5.88 Å². The van der Waals surface area contributed by atoms with Crippen LogP contribution >= 0.6 is 11.3 Å². The number of hydrogen-bond donors (Lipinski definition) is 1.